The van der Waals surface area contributed by atoms with Crippen LogP contribution in [-0.4, -0.2) is 41.0 Å². The third-order valence-electron chi connectivity index (χ3n) is 4.16. The van der Waals surface area contributed by atoms with Crippen LogP contribution in [-0.2, 0) is 0 Å². The predicted octanol–water partition coefficient (Wildman–Crippen LogP) is 3.84. The topological polar surface area (TPSA) is 103 Å². The van der Waals surface area contributed by atoms with Crippen molar-refractivity contribution in [1.29, 1.82) is 0 Å². The standard InChI is InChI=1S/C20H21NO6/c1-2-8-21(15-4-3-5-16(22)19(15)23)9-10-26-14-6-7-17-13(11-14)12-18(27-17)20(24)25/h3-7,11-12,22-23H,2,8-10H2,1H3,(H,24,25). The zero-order valence-electron chi connectivity index (χ0n) is 14.9. The van der Waals surface area contributed by atoms with E-state index in [1.165, 1.54) is 12.1 Å². The first-order valence-corrected chi connectivity index (χ1v) is 8.65. The van der Waals surface area contributed by atoms with Crippen LogP contribution >= 0.6 is 0 Å². The van der Waals surface area contributed by atoms with Gasteiger partial charge in [-0.1, -0.05) is 13.0 Å². The van der Waals surface area contributed by atoms with Gasteiger partial charge in [0.05, 0.1) is 12.2 Å². The Hall–Kier alpha value is -3.35. The van der Waals surface area contributed by atoms with Crippen molar-refractivity contribution in [3.05, 3.63) is 48.2 Å². The quantitative estimate of drug-likeness (QED) is 0.517. The highest BCUT2D eigenvalue weighted by molar-refractivity contribution is 5.91. The number of carboxylic acids is 1. The van der Waals surface area contributed by atoms with Gasteiger partial charge in [0.1, 0.15) is 17.9 Å². The van der Waals surface area contributed by atoms with Crippen molar-refractivity contribution in [2.75, 3.05) is 24.6 Å². The lowest BCUT2D eigenvalue weighted by Crippen LogP contribution is -2.29. The summed E-state index contributed by atoms with van der Waals surface area (Å²) in [7, 11) is 0. The van der Waals surface area contributed by atoms with Crippen molar-refractivity contribution in [1.82, 2.24) is 0 Å². The Balaban J connectivity index is 1.68. The summed E-state index contributed by atoms with van der Waals surface area (Å²) in [4.78, 5) is 12.9. The fourth-order valence-corrected chi connectivity index (χ4v) is 2.89. The second kappa shape index (κ2) is 7.90. The number of hydrogen-bond acceptors (Lipinski definition) is 6. The molecule has 0 saturated heterocycles. The summed E-state index contributed by atoms with van der Waals surface area (Å²) >= 11 is 0. The van der Waals surface area contributed by atoms with Crippen LogP contribution in [0.15, 0.2) is 46.9 Å². The molecule has 7 heteroatoms. The third-order valence-corrected chi connectivity index (χ3v) is 4.16. The van der Waals surface area contributed by atoms with Gasteiger partial charge in [-0.2, -0.15) is 0 Å². The molecule has 3 rings (SSSR count). The molecular weight excluding hydrogens is 350 g/mol. The van der Waals surface area contributed by atoms with Crippen LogP contribution in [0.4, 0.5) is 5.69 Å². The van der Waals surface area contributed by atoms with Crippen molar-refractivity contribution in [3.8, 4) is 17.2 Å². The summed E-state index contributed by atoms with van der Waals surface area (Å²) in [6.07, 6.45) is 0.869. The van der Waals surface area contributed by atoms with Gasteiger partial charge in [-0.25, -0.2) is 4.79 Å². The Morgan fingerprint density at radius 2 is 1.96 bits per heavy atom. The van der Waals surface area contributed by atoms with E-state index in [2.05, 4.69) is 0 Å². The molecule has 142 valence electrons. The molecule has 1 aromatic heterocycles. The summed E-state index contributed by atoms with van der Waals surface area (Å²) in [6, 6.07) is 11.4. The van der Waals surface area contributed by atoms with Crippen molar-refractivity contribution < 1.29 is 29.3 Å². The number of phenols is 2. The second-order valence-electron chi connectivity index (χ2n) is 6.10. The number of nitrogens with zero attached hydrogens (tertiary/aromatic N) is 1. The normalized spacial score (nSPS) is 10.9. The number of phenolic OH excluding ortho intramolecular Hbond substituents is 2. The number of anilines is 1. The number of aromatic hydroxyl groups is 2. The van der Waals surface area contributed by atoms with Crippen LogP contribution in [0.5, 0.6) is 17.2 Å². The first kappa shape index (κ1) is 18.4. The molecule has 3 aromatic rings. The van der Waals surface area contributed by atoms with Gasteiger partial charge >= 0.3 is 5.97 Å². The maximum absolute atomic E-state index is 11.0. The number of para-hydroxylation sites is 1. The van der Waals surface area contributed by atoms with Crippen molar-refractivity contribution in [3.63, 3.8) is 0 Å². The molecule has 0 saturated carbocycles. The van der Waals surface area contributed by atoms with Crippen molar-refractivity contribution in [2.24, 2.45) is 0 Å². The predicted molar refractivity (Wildman–Crippen MR) is 101 cm³/mol. The minimum atomic E-state index is -1.12. The molecule has 27 heavy (non-hydrogen) atoms. The van der Waals surface area contributed by atoms with E-state index in [1.807, 2.05) is 11.8 Å². The summed E-state index contributed by atoms with van der Waals surface area (Å²) < 4.78 is 11.0. The fourth-order valence-electron chi connectivity index (χ4n) is 2.89. The van der Waals surface area contributed by atoms with E-state index in [9.17, 15) is 15.0 Å². The lowest BCUT2D eigenvalue weighted by molar-refractivity contribution is 0.0665. The molecule has 0 radical (unpaired) electrons. The van der Waals surface area contributed by atoms with Gasteiger partial charge in [0.2, 0.25) is 5.76 Å². The molecule has 0 unspecified atom stereocenters. The van der Waals surface area contributed by atoms with Gasteiger partial charge < -0.3 is 29.4 Å². The molecule has 0 aliphatic rings. The van der Waals surface area contributed by atoms with E-state index in [1.54, 1.807) is 30.3 Å². The number of hydrogen-bond donors (Lipinski definition) is 3. The Labute approximate surface area is 156 Å². The van der Waals surface area contributed by atoms with E-state index in [0.717, 1.165) is 6.42 Å². The molecule has 0 aliphatic heterocycles. The second-order valence-corrected chi connectivity index (χ2v) is 6.10. The Kier molecular flexibility index (Phi) is 5.40. The molecule has 0 fully saturated rings. The first-order chi connectivity index (χ1) is 13.0. The zero-order chi connectivity index (χ0) is 19.4. The molecule has 2 aromatic carbocycles. The van der Waals surface area contributed by atoms with Gasteiger partial charge in [-0.15, -0.1) is 0 Å². The molecule has 0 bridgehead atoms. The number of ether oxygens (including phenoxy) is 1. The first-order valence-electron chi connectivity index (χ1n) is 8.65. The number of benzene rings is 2. The maximum Gasteiger partial charge on any atom is 0.371 e. The third kappa shape index (κ3) is 4.08. The Bertz CT molecular complexity index is 949. The van der Waals surface area contributed by atoms with E-state index in [-0.39, 0.29) is 17.3 Å². The average Bonchev–Trinajstić information content (AvgIpc) is 3.07. The van der Waals surface area contributed by atoms with Crippen LogP contribution in [0.3, 0.4) is 0 Å². The van der Waals surface area contributed by atoms with Gasteiger partial charge in [0.15, 0.2) is 11.5 Å². The minimum Gasteiger partial charge on any atom is -0.504 e. The highest BCUT2D eigenvalue weighted by Gasteiger charge is 2.14. The van der Waals surface area contributed by atoms with Crippen molar-refractivity contribution >= 4 is 22.6 Å². The molecular formula is C20H21NO6. The van der Waals surface area contributed by atoms with E-state index < -0.39 is 5.97 Å². The van der Waals surface area contributed by atoms with Crippen molar-refractivity contribution in [2.45, 2.75) is 13.3 Å². The lowest BCUT2D eigenvalue weighted by atomic mass is 10.2. The molecule has 1 heterocycles. The highest BCUT2D eigenvalue weighted by Crippen LogP contribution is 2.35. The molecule has 3 N–H and O–H groups in total. The largest absolute Gasteiger partial charge is 0.504 e. The van der Waals surface area contributed by atoms with Crippen LogP contribution in [0.25, 0.3) is 11.0 Å². The summed E-state index contributed by atoms with van der Waals surface area (Å²) in [5.41, 5.74) is 1.04. The highest BCUT2D eigenvalue weighted by atomic mass is 16.5. The minimum absolute atomic E-state index is 0.115. The van der Waals surface area contributed by atoms with Crippen LogP contribution in [0.2, 0.25) is 0 Å². The monoisotopic (exact) mass is 371 g/mol. The maximum atomic E-state index is 11.0. The number of rotatable bonds is 8. The van der Waals surface area contributed by atoms with Crippen LogP contribution in [0, 0.1) is 0 Å². The molecule has 0 atom stereocenters. The summed E-state index contributed by atoms with van der Waals surface area (Å²) in [5.74, 6) is -0.941. The number of carboxylic acid groups (broad SMARTS) is 1. The number of fused-ring (bicyclic) bond motifs is 1. The summed E-state index contributed by atoms with van der Waals surface area (Å²) in [6.45, 7) is 3.59. The average molecular weight is 371 g/mol. The van der Waals surface area contributed by atoms with E-state index in [4.69, 9.17) is 14.3 Å². The summed E-state index contributed by atoms with van der Waals surface area (Å²) in [5, 5.41) is 29.4. The molecule has 7 nitrogen and oxygen atoms in total. The fraction of sp³-hybridized carbons (Fsp3) is 0.250. The van der Waals surface area contributed by atoms with Crippen LogP contribution in [0.1, 0.15) is 23.9 Å². The number of furan rings is 1. The SMILES string of the molecule is CCCN(CCOc1ccc2oc(C(=O)O)cc2c1)c1cccc(O)c1O. The molecule has 0 aliphatic carbocycles. The lowest BCUT2D eigenvalue weighted by Gasteiger charge is -2.25. The van der Waals surface area contributed by atoms with E-state index >= 15 is 0 Å². The zero-order valence-corrected chi connectivity index (χ0v) is 14.9. The Morgan fingerprint density at radius 3 is 2.70 bits per heavy atom. The van der Waals surface area contributed by atoms with Gasteiger partial charge in [-0.3, -0.25) is 0 Å². The smallest absolute Gasteiger partial charge is 0.371 e. The van der Waals surface area contributed by atoms with Gasteiger partial charge in [0.25, 0.3) is 0 Å². The van der Waals surface area contributed by atoms with E-state index in [0.29, 0.717) is 42.1 Å². The Morgan fingerprint density at radius 1 is 1.15 bits per heavy atom. The van der Waals surface area contributed by atoms with Gasteiger partial charge in [0, 0.05) is 11.9 Å². The van der Waals surface area contributed by atoms with Gasteiger partial charge in [-0.05, 0) is 42.8 Å². The molecule has 0 amide bonds. The van der Waals surface area contributed by atoms with Crippen LogP contribution < -0.4 is 9.64 Å². The molecule has 0 spiro atoms. The number of carbonyl (C=O) groups is 1. The number of aromatic carboxylic acids is 1.